The van der Waals surface area contributed by atoms with Gasteiger partial charge in [0.25, 0.3) is 0 Å². The summed E-state index contributed by atoms with van der Waals surface area (Å²) in [6, 6.07) is 37.9. The molecule has 0 saturated carbocycles. The number of rotatable bonds is 9. The lowest BCUT2D eigenvalue weighted by molar-refractivity contribution is 0.361. The molecular formula is C26H24NO3P. The van der Waals surface area contributed by atoms with Gasteiger partial charge in [-0.15, -0.1) is 0 Å². The van der Waals surface area contributed by atoms with Gasteiger partial charge in [0, 0.05) is 6.54 Å². The summed E-state index contributed by atoms with van der Waals surface area (Å²) in [7, 11) is -3.74. The molecule has 0 bridgehead atoms. The smallest absolute Gasteiger partial charge is 0.415 e. The molecule has 0 spiro atoms. The maximum absolute atomic E-state index is 14.4. The molecule has 156 valence electrons. The molecule has 0 heterocycles. The molecule has 1 atom stereocenters. The Morgan fingerprint density at radius 2 is 1.03 bits per heavy atom. The highest BCUT2D eigenvalue weighted by Crippen LogP contribution is 2.59. The molecule has 4 aromatic rings. The van der Waals surface area contributed by atoms with Crippen molar-refractivity contribution < 1.29 is 13.6 Å². The van der Waals surface area contributed by atoms with Gasteiger partial charge < -0.3 is 9.05 Å². The molecule has 0 aromatic heterocycles. The average molecular weight is 429 g/mol. The van der Waals surface area contributed by atoms with Crippen LogP contribution in [0.25, 0.3) is 0 Å². The van der Waals surface area contributed by atoms with Gasteiger partial charge >= 0.3 is 7.60 Å². The minimum Gasteiger partial charge on any atom is -0.415 e. The van der Waals surface area contributed by atoms with Gasteiger partial charge in [0.1, 0.15) is 11.5 Å². The number of hydrogen-bond donors (Lipinski definition) is 1. The molecule has 0 amide bonds. The monoisotopic (exact) mass is 429 g/mol. The van der Waals surface area contributed by atoms with Gasteiger partial charge in [0.15, 0.2) is 5.78 Å². The number of para-hydroxylation sites is 2. The highest BCUT2D eigenvalue weighted by Gasteiger charge is 2.40. The van der Waals surface area contributed by atoms with E-state index in [-0.39, 0.29) is 0 Å². The molecule has 31 heavy (non-hydrogen) atoms. The van der Waals surface area contributed by atoms with E-state index in [0.717, 1.165) is 11.1 Å². The first-order valence-corrected chi connectivity index (χ1v) is 11.8. The van der Waals surface area contributed by atoms with Crippen molar-refractivity contribution in [2.75, 3.05) is 0 Å². The lowest BCUT2D eigenvalue weighted by Gasteiger charge is -2.28. The normalized spacial score (nSPS) is 12.1. The number of hydrogen-bond acceptors (Lipinski definition) is 4. The maximum atomic E-state index is 14.4. The summed E-state index contributed by atoms with van der Waals surface area (Å²) in [6.45, 7) is 0.515. The Hall–Kier alpha value is -3.33. The molecule has 0 fully saturated rings. The van der Waals surface area contributed by atoms with Crippen LogP contribution in [-0.4, -0.2) is 0 Å². The van der Waals surface area contributed by atoms with Crippen molar-refractivity contribution in [2.24, 2.45) is 0 Å². The molecule has 0 aliphatic carbocycles. The van der Waals surface area contributed by atoms with Crippen molar-refractivity contribution in [3.63, 3.8) is 0 Å². The zero-order valence-electron chi connectivity index (χ0n) is 17.0. The standard InChI is InChI=1S/C26H24NO3P/c28-31(29-24-17-9-3-10-18-24,30-25-19-11-4-12-20-25)26(23-15-7-2-8-16-23)27-21-22-13-5-1-6-14-22/h1-20,26-27H,21H2/t26-/m1/s1. The molecule has 0 aliphatic rings. The summed E-state index contributed by atoms with van der Waals surface area (Å²) in [4.78, 5) is 0. The molecule has 4 nitrogen and oxygen atoms in total. The third kappa shape index (κ3) is 5.64. The molecule has 1 N–H and O–H groups in total. The van der Waals surface area contributed by atoms with Gasteiger partial charge in [0.05, 0.1) is 0 Å². The Morgan fingerprint density at radius 3 is 1.52 bits per heavy atom. The van der Waals surface area contributed by atoms with Crippen LogP contribution in [-0.2, 0) is 11.1 Å². The van der Waals surface area contributed by atoms with Crippen LogP contribution in [0.5, 0.6) is 11.5 Å². The second kappa shape index (κ2) is 10.1. The first kappa shape index (κ1) is 20.9. The van der Waals surface area contributed by atoms with E-state index in [1.165, 1.54) is 0 Å². The fourth-order valence-electron chi connectivity index (χ4n) is 3.24. The zero-order valence-corrected chi connectivity index (χ0v) is 17.9. The summed E-state index contributed by atoms with van der Waals surface area (Å²) in [5.74, 6) is 0.308. The second-order valence-corrected chi connectivity index (χ2v) is 8.99. The SMILES string of the molecule is O=P(Oc1ccccc1)(Oc1ccccc1)[C@@H](NCc1ccccc1)c1ccccc1. The summed E-state index contributed by atoms with van der Waals surface area (Å²) in [5.41, 5.74) is 1.91. The van der Waals surface area contributed by atoms with Gasteiger partial charge in [-0.25, -0.2) is 4.57 Å². The minimum atomic E-state index is -3.74. The van der Waals surface area contributed by atoms with Crippen LogP contribution in [0.4, 0.5) is 0 Å². The van der Waals surface area contributed by atoms with E-state index in [4.69, 9.17) is 9.05 Å². The van der Waals surface area contributed by atoms with Crippen LogP contribution in [0.2, 0.25) is 0 Å². The van der Waals surface area contributed by atoms with Crippen molar-refractivity contribution in [1.29, 1.82) is 0 Å². The first-order chi connectivity index (χ1) is 15.2. The Bertz CT molecular complexity index is 1060. The molecule has 4 aromatic carbocycles. The maximum Gasteiger partial charge on any atom is 0.452 e. The van der Waals surface area contributed by atoms with E-state index in [1.54, 1.807) is 24.3 Å². The van der Waals surface area contributed by atoms with Crippen LogP contribution in [0, 0.1) is 0 Å². The molecule has 0 radical (unpaired) electrons. The topological polar surface area (TPSA) is 47.6 Å². The predicted molar refractivity (Wildman–Crippen MR) is 124 cm³/mol. The zero-order chi connectivity index (χ0) is 21.4. The fourth-order valence-corrected chi connectivity index (χ4v) is 5.17. The number of nitrogens with one attached hydrogen (secondary N) is 1. The third-order valence-corrected chi connectivity index (χ3v) is 6.77. The van der Waals surface area contributed by atoms with Crippen molar-refractivity contribution in [3.8, 4) is 11.5 Å². The van der Waals surface area contributed by atoms with Crippen LogP contribution >= 0.6 is 7.60 Å². The van der Waals surface area contributed by atoms with E-state index in [1.807, 2.05) is 97.1 Å². The van der Waals surface area contributed by atoms with Gasteiger partial charge in [-0.1, -0.05) is 97.1 Å². The van der Waals surface area contributed by atoms with E-state index >= 15 is 0 Å². The Morgan fingerprint density at radius 1 is 0.613 bits per heavy atom. The summed E-state index contributed by atoms with van der Waals surface area (Å²) in [6.07, 6.45) is 0. The largest absolute Gasteiger partial charge is 0.452 e. The summed E-state index contributed by atoms with van der Waals surface area (Å²) < 4.78 is 26.5. The lowest BCUT2D eigenvalue weighted by Crippen LogP contribution is -2.25. The van der Waals surface area contributed by atoms with Gasteiger partial charge in [-0.3, -0.25) is 5.32 Å². The van der Waals surface area contributed by atoms with Crippen molar-refractivity contribution in [1.82, 2.24) is 5.32 Å². The summed E-state index contributed by atoms with van der Waals surface area (Å²) in [5, 5.41) is 3.42. The van der Waals surface area contributed by atoms with Crippen LogP contribution in [0.15, 0.2) is 121 Å². The molecule has 0 aliphatic heterocycles. The molecule has 4 rings (SSSR count). The third-order valence-electron chi connectivity index (χ3n) is 4.73. The molecule has 5 heteroatoms. The van der Waals surface area contributed by atoms with Crippen LogP contribution in [0.3, 0.4) is 0 Å². The van der Waals surface area contributed by atoms with Crippen molar-refractivity contribution >= 4 is 7.60 Å². The highest BCUT2D eigenvalue weighted by atomic mass is 31.2. The number of benzene rings is 4. The Labute approximate surface area is 183 Å². The lowest BCUT2D eigenvalue weighted by atomic mass is 10.2. The van der Waals surface area contributed by atoms with E-state index in [9.17, 15) is 4.57 Å². The molecular weight excluding hydrogens is 405 g/mol. The predicted octanol–water partition coefficient (Wildman–Crippen LogP) is 6.83. The van der Waals surface area contributed by atoms with Crippen LogP contribution < -0.4 is 14.4 Å². The first-order valence-electron chi connectivity index (χ1n) is 10.1. The van der Waals surface area contributed by atoms with Crippen molar-refractivity contribution in [2.45, 2.75) is 12.3 Å². The van der Waals surface area contributed by atoms with E-state index in [0.29, 0.717) is 18.0 Å². The second-order valence-electron chi connectivity index (χ2n) is 7.03. The minimum absolute atomic E-state index is 0.490. The summed E-state index contributed by atoms with van der Waals surface area (Å²) >= 11 is 0. The van der Waals surface area contributed by atoms with Gasteiger partial charge in [-0.05, 0) is 35.4 Å². The fraction of sp³-hybridized carbons (Fsp3) is 0.0769. The Kier molecular flexibility index (Phi) is 6.83. The van der Waals surface area contributed by atoms with Gasteiger partial charge in [0.2, 0.25) is 0 Å². The molecule has 0 unspecified atom stereocenters. The van der Waals surface area contributed by atoms with E-state index < -0.39 is 13.4 Å². The molecule has 0 saturated heterocycles. The average Bonchev–Trinajstić information content (AvgIpc) is 2.82. The Balaban J connectivity index is 1.71. The highest BCUT2D eigenvalue weighted by molar-refractivity contribution is 7.55. The quantitative estimate of drug-likeness (QED) is 0.296. The van der Waals surface area contributed by atoms with Gasteiger partial charge in [-0.2, -0.15) is 0 Å². The van der Waals surface area contributed by atoms with E-state index in [2.05, 4.69) is 5.32 Å². The van der Waals surface area contributed by atoms with Crippen molar-refractivity contribution in [3.05, 3.63) is 132 Å². The van der Waals surface area contributed by atoms with Crippen LogP contribution in [0.1, 0.15) is 16.9 Å².